The van der Waals surface area contributed by atoms with Gasteiger partial charge < -0.3 is 11.2 Å². The van der Waals surface area contributed by atoms with Crippen molar-refractivity contribution in [3.8, 4) is 0 Å². The Morgan fingerprint density at radius 1 is 1.88 bits per heavy atom. The minimum atomic E-state index is 0.671. The number of aromatic nitrogens is 2. The molecule has 0 aliphatic heterocycles. The van der Waals surface area contributed by atoms with Gasteiger partial charge in [0, 0.05) is 19.4 Å². The van der Waals surface area contributed by atoms with Crippen molar-refractivity contribution >= 4 is 5.95 Å². The summed E-state index contributed by atoms with van der Waals surface area (Å²) in [5.41, 5.74) is 0. The molecule has 0 aliphatic carbocycles. The number of nitrogens with one attached hydrogen (secondary N) is 1. The molecule has 0 aliphatic rings. The molecule has 4 nitrogen and oxygen atoms in total. The second kappa shape index (κ2) is 1.73. The maximum absolute atomic E-state index is 5.34. The first-order chi connectivity index (χ1) is 3.84. The number of hydrogen-bond donors (Lipinski definition) is 2. The molecule has 0 amide bonds. The Morgan fingerprint density at radius 3 is 2.88 bits per heavy atom. The minimum Gasteiger partial charge on any atom is -0.357 e. The second-order valence-electron chi connectivity index (χ2n) is 1.41. The molecule has 0 unspecified atom stereocenters. The number of hydrogen-bond acceptors (Lipinski definition) is 3. The van der Waals surface area contributed by atoms with Gasteiger partial charge in [-0.05, 0) is 0 Å². The normalized spacial score (nSPS) is 9.12. The van der Waals surface area contributed by atoms with Crippen LogP contribution in [0.2, 0.25) is 0 Å². The van der Waals surface area contributed by atoms with Crippen molar-refractivity contribution in [3.63, 3.8) is 0 Å². The van der Waals surface area contributed by atoms with E-state index < -0.39 is 0 Å². The van der Waals surface area contributed by atoms with E-state index in [9.17, 15) is 0 Å². The van der Waals surface area contributed by atoms with Crippen molar-refractivity contribution in [2.45, 2.75) is 0 Å². The largest absolute Gasteiger partial charge is 0.357 e. The van der Waals surface area contributed by atoms with Crippen LogP contribution in [0.15, 0.2) is 12.4 Å². The lowest BCUT2D eigenvalue weighted by atomic mass is 11.0. The van der Waals surface area contributed by atoms with Crippen LogP contribution in [0.5, 0.6) is 0 Å². The van der Waals surface area contributed by atoms with E-state index in [1.54, 1.807) is 19.4 Å². The van der Waals surface area contributed by atoms with Crippen molar-refractivity contribution in [2.75, 3.05) is 18.2 Å². The molecule has 3 N–H and O–H groups in total. The molecular weight excluding hydrogens is 104 g/mol. The zero-order valence-electron chi connectivity index (χ0n) is 4.63. The molecule has 1 heterocycles. The van der Waals surface area contributed by atoms with Crippen molar-refractivity contribution in [1.29, 1.82) is 0 Å². The zero-order chi connectivity index (χ0) is 5.98. The van der Waals surface area contributed by atoms with Crippen LogP contribution < -0.4 is 11.2 Å². The van der Waals surface area contributed by atoms with Crippen LogP contribution in [0.4, 0.5) is 5.95 Å². The Bertz CT molecular complexity index is 168. The highest BCUT2D eigenvalue weighted by Crippen LogP contribution is 1.94. The van der Waals surface area contributed by atoms with E-state index in [0.717, 1.165) is 0 Å². The zero-order valence-corrected chi connectivity index (χ0v) is 4.63. The quantitative estimate of drug-likeness (QED) is 0.488. The topological polar surface area (TPSA) is 55.9 Å². The highest BCUT2D eigenvalue weighted by Gasteiger charge is 1.90. The van der Waals surface area contributed by atoms with E-state index in [0.29, 0.717) is 5.95 Å². The van der Waals surface area contributed by atoms with Crippen molar-refractivity contribution in [3.05, 3.63) is 12.4 Å². The van der Waals surface area contributed by atoms with Crippen LogP contribution in [-0.4, -0.2) is 16.7 Å². The summed E-state index contributed by atoms with van der Waals surface area (Å²) >= 11 is 0. The van der Waals surface area contributed by atoms with Gasteiger partial charge in [-0.15, -0.1) is 0 Å². The third-order valence-electron chi connectivity index (χ3n) is 0.892. The highest BCUT2D eigenvalue weighted by molar-refractivity contribution is 5.23. The third kappa shape index (κ3) is 0.598. The molecule has 0 saturated carbocycles. The van der Waals surface area contributed by atoms with Crippen LogP contribution in [-0.2, 0) is 0 Å². The first-order valence-electron chi connectivity index (χ1n) is 2.31. The molecule has 0 spiro atoms. The average molecular weight is 112 g/mol. The predicted octanol–water partition coefficient (Wildman–Crippen LogP) is -0.361. The summed E-state index contributed by atoms with van der Waals surface area (Å²) < 4.78 is 1.42. The van der Waals surface area contributed by atoms with Crippen LogP contribution >= 0.6 is 0 Å². The van der Waals surface area contributed by atoms with Gasteiger partial charge in [-0.25, -0.2) is 9.66 Å². The SMILES string of the molecule is CNc1nccn1N. The van der Waals surface area contributed by atoms with Crippen LogP contribution in [0.3, 0.4) is 0 Å². The molecule has 4 heteroatoms. The molecule has 0 aromatic carbocycles. The standard InChI is InChI=1S/C4H8N4/c1-6-4-7-2-3-8(4)5/h2-3H,5H2,1H3,(H,6,7). The minimum absolute atomic E-state index is 0.671. The van der Waals surface area contributed by atoms with Gasteiger partial charge >= 0.3 is 0 Å². The Balaban J connectivity index is 2.92. The maximum atomic E-state index is 5.34. The van der Waals surface area contributed by atoms with Crippen LogP contribution in [0, 0.1) is 0 Å². The highest BCUT2D eigenvalue weighted by atomic mass is 15.4. The number of nitrogen functional groups attached to an aromatic ring is 1. The molecule has 1 aromatic rings. The van der Waals surface area contributed by atoms with Gasteiger partial charge in [-0.3, -0.25) is 0 Å². The van der Waals surface area contributed by atoms with Gasteiger partial charge in [0.25, 0.3) is 0 Å². The predicted molar refractivity (Wildman–Crippen MR) is 31.9 cm³/mol. The maximum Gasteiger partial charge on any atom is 0.221 e. The van der Waals surface area contributed by atoms with E-state index in [2.05, 4.69) is 10.3 Å². The lowest BCUT2D eigenvalue weighted by Gasteiger charge is -1.95. The van der Waals surface area contributed by atoms with Gasteiger partial charge in [-0.1, -0.05) is 0 Å². The van der Waals surface area contributed by atoms with E-state index >= 15 is 0 Å². The molecule has 0 atom stereocenters. The molecule has 0 radical (unpaired) electrons. The Hall–Kier alpha value is -1.19. The average Bonchev–Trinajstić information content (AvgIpc) is 2.14. The van der Waals surface area contributed by atoms with E-state index in [4.69, 9.17) is 5.84 Å². The summed E-state index contributed by atoms with van der Waals surface area (Å²) in [5.74, 6) is 6.01. The van der Waals surface area contributed by atoms with Gasteiger partial charge in [-0.2, -0.15) is 0 Å². The third-order valence-corrected chi connectivity index (χ3v) is 0.892. The first kappa shape index (κ1) is 4.96. The smallest absolute Gasteiger partial charge is 0.221 e. The van der Waals surface area contributed by atoms with Gasteiger partial charge in [0.1, 0.15) is 0 Å². The number of imidazole rings is 1. The first-order valence-corrected chi connectivity index (χ1v) is 2.31. The summed E-state index contributed by atoms with van der Waals surface area (Å²) in [6.45, 7) is 0. The van der Waals surface area contributed by atoms with Crippen LogP contribution in [0.1, 0.15) is 0 Å². The number of nitrogens with zero attached hydrogens (tertiary/aromatic N) is 2. The lowest BCUT2D eigenvalue weighted by molar-refractivity contribution is 1.00. The lowest BCUT2D eigenvalue weighted by Crippen LogP contribution is -2.10. The molecular formula is C4H8N4. The Kier molecular flexibility index (Phi) is 1.07. The summed E-state index contributed by atoms with van der Waals surface area (Å²) in [5, 5.41) is 2.80. The second-order valence-corrected chi connectivity index (χ2v) is 1.41. The van der Waals surface area contributed by atoms with E-state index in [-0.39, 0.29) is 0 Å². The Labute approximate surface area is 47.3 Å². The number of rotatable bonds is 1. The summed E-state index contributed by atoms with van der Waals surface area (Å²) in [6, 6.07) is 0. The molecule has 0 saturated heterocycles. The van der Waals surface area contributed by atoms with Gasteiger partial charge in [0.15, 0.2) is 0 Å². The molecule has 1 rings (SSSR count). The van der Waals surface area contributed by atoms with E-state index in [1.807, 2.05) is 0 Å². The fourth-order valence-corrected chi connectivity index (χ4v) is 0.507. The summed E-state index contributed by atoms with van der Waals surface area (Å²) in [4.78, 5) is 3.86. The fourth-order valence-electron chi connectivity index (χ4n) is 0.507. The van der Waals surface area contributed by atoms with Gasteiger partial charge in [0.2, 0.25) is 5.95 Å². The van der Waals surface area contributed by atoms with Crippen molar-refractivity contribution in [1.82, 2.24) is 9.66 Å². The van der Waals surface area contributed by atoms with Crippen LogP contribution in [0.25, 0.3) is 0 Å². The molecule has 0 fully saturated rings. The molecule has 0 bridgehead atoms. The Morgan fingerprint density at radius 2 is 2.62 bits per heavy atom. The summed E-state index contributed by atoms with van der Waals surface area (Å²) in [6.07, 6.45) is 3.30. The van der Waals surface area contributed by atoms with Gasteiger partial charge in [0.05, 0.1) is 0 Å². The summed E-state index contributed by atoms with van der Waals surface area (Å²) in [7, 11) is 1.77. The molecule has 1 aromatic heterocycles. The molecule has 8 heavy (non-hydrogen) atoms. The monoisotopic (exact) mass is 112 g/mol. The number of nitrogens with two attached hydrogens (primary N) is 1. The fraction of sp³-hybridized carbons (Fsp3) is 0.250. The number of anilines is 1. The van der Waals surface area contributed by atoms with Crippen molar-refractivity contribution in [2.24, 2.45) is 0 Å². The molecule has 44 valence electrons. The van der Waals surface area contributed by atoms with E-state index in [1.165, 1.54) is 4.68 Å². The van der Waals surface area contributed by atoms with Crippen molar-refractivity contribution < 1.29 is 0 Å².